The third-order valence-corrected chi connectivity index (χ3v) is 1.33. The van der Waals surface area contributed by atoms with Crippen molar-refractivity contribution in [2.45, 2.75) is 6.42 Å². The summed E-state index contributed by atoms with van der Waals surface area (Å²) in [5.41, 5.74) is 5.96. The van der Waals surface area contributed by atoms with Gasteiger partial charge in [-0.05, 0) is 6.07 Å². The molecular formula is C6H8ClN3O. The Morgan fingerprint density at radius 2 is 2.27 bits per heavy atom. The molecule has 3 N–H and O–H groups in total. The lowest BCUT2D eigenvalue weighted by Crippen LogP contribution is -2.01. The van der Waals surface area contributed by atoms with E-state index in [-0.39, 0.29) is 12.6 Å². The third kappa shape index (κ3) is 2.32. The molecule has 5 heteroatoms. The molecule has 4 nitrogen and oxygen atoms in total. The molecule has 0 aliphatic heterocycles. The quantitative estimate of drug-likeness (QED) is 0.629. The summed E-state index contributed by atoms with van der Waals surface area (Å²) < 4.78 is 0. The Balaban J connectivity index is 2.89. The number of aromatic nitrogens is 2. The van der Waals surface area contributed by atoms with Crippen LogP contribution in [-0.2, 0) is 6.42 Å². The number of nitrogens with two attached hydrogens (primary N) is 1. The smallest absolute Gasteiger partial charge is 0.221 e. The Morgan fingerprint density at radius 1 is 1.55 bits per heavy atom. The summed E-state index contributed by atoms with van der Waals surface area (Å²) >= 11 is 5.57. The van der Waals surface area contributed by atoms with Gasteiger partial charge in [0, 0.05) is 18.7 Å². The van der Waals surface area contributed by atoms with E-state index in [2.05, 4.69) is 9.97 Å². The van der Waals surface area contributed by atoms with Crippen LogP contribution >= 0.6 is 11.6 Å². The fourth-order valence-corrected chi connectivity index (χ4v) is 0.939. The van der Waals surface area contributed by atoms with Gasteiger partial charge in [0.1, 0.15) is 5.15 Å². The number of rotatable bonds is 2. The van der Waals surface area contributed by atoms with Crippen molar-refractivity contribution in [3.63, 3.8) is 0 Å². The van der Waals surface area contributed by atoms with Gasteiger partial charge in [0.05, 0.1) is 0 Å². The highest BCUT2D eigenvalue weighted by molar-refractivity contribution is 6.29. The molecule has 0 radical (unpaired) electrons. The van der Waals surface area contributed by atoms with E-state index in [9.17, 15) is 0 Å². The molecule has 0 atom stereocenters. The summed E-state index contributed by atoms with van der Waals surface area (Å²) in [6, 6.07) is 1.58. The predicted octanol–water partition coefficient (Wildman–Crippen LogP) is 0.247. The Morgan fingerprint density at radius 3 is 2.82 bits per heavy atom. The van der Waals surface area contributed by atoms with Crippen LogP contribution in [0.4, 0.5) is 5.95 Å². The molecule has 1 aromatic heterocycles. The first-order valence-electron chi connectivity index (χ1n) is 3.12. The summed E-state index contributed by atoms with van der Waals surface area (Å²) in [5, 5.41) is 8.86. The molecule has 0 saturated heterocycles. The van der Waals surface area contributed by atoms with Gasteiger partial charge in [0.2, 0.25) is 5.95 Å². The second-order valence-electron chi connectivity index (χ2n) is 2.01. The Labute approximate surface area is 69.0 Å². The Hall–Kier alpha value is -0.870. The van der Waals surface area contributed by atoms with Crippen LogP contribution < -0.4 is 5.73 Å². The Kier molecular flexibility index (Phi) is 2.62. The molecule has 0 aliphatic rings. The molecule has 0 bridgehead atoms. The largest absolute Gasteiger partial charge is 0.396 e. The molecule has 0 aromatic carbocycles. The van der Waals surface area contributed by atoms with Gasteiger partial charge in [-0.15, -0.1) is 0 Å². The van der Waals surface area contributed by atoms with E-state index in [1.807, 2.05) is 0 Å². The molecule has 0 amide bonds. The topological polar surface area (TPSA) is 72.0 Å². The molecule has 0 unspecified atom stereocenters. The van der Waals surface area contributed by atoms with E-state index in [0.717, 1.165) is 0 Å². The van der Waals surface area contributed by atoms with Crippen LogP contribution in [0.5, 0.6) is 0 Å². The Bertz CT molecular complexity index is 233. The first-order chi connectivity index (χ1) is 5.22. The molecule has 0 saturated carbocycles. The number of aliphatic hydroxyl groups is 1. The van der Waals surface area contributed by atoms with Crippen molar-refractivity contribution in [2.75, 3.05) is 12.3 Å². The van der Waals surface area contributed by atoms with Crippen LogP contribution in [-0.4, -0.2) is 21.7 Å². The van der Waals surface area contributed by atoms with Gasteiger partial charge in [0.15, 0.2) is 0 Å². The zero-order valence-electron chi connectivity index (χ0n) is 5.79. The number of nitrogen functional groups attached to an aromatic ring is 1. The van der Waals surface area contributed by atoms with Crippen LogP contribution in [0.2, 0.25) is 5.15 Å². The lowest BCUT2D eigenvalue weighted by Gasteiger charge is -1.98. The number of hydrogen-bond donors (Lipinski definition) is 2. The molecule has 1 rings (SSSR count). The highest BCUT2D eigenvalue weighted by Gasteiger charge is 1.98. The van der Waals surface area contributed by atoms with Crippen LogP contribution in [0.15, 0.2) is 6.07 Å². The van der Waals surface area contributed by atoms with Crippen LogP contribution in [0.1, 0.15) is 5.69 Å². The number of anilines is 1. The van der Waals surface area contributed by atoms with E-state index < -0.39 is 0 Å². The molecule has 60 valence electrons. The average Bonchev–Trinajstić information content (AvgIpc) is 1.85. The number of halogens is 1. The normalized spacial score (nSPS) is 10.0. The predicted molar refractivity (Wildman–Crippen MR) is 42.2 cm³/mol. The monoisotopic (exact) mass is 173 g/mol. The number of aliphatic hydroxyl groups excluding tert-OH is 1. The fourth-order valence-electron chi connectivity index (χ4n) is 0.726. The van der Waals surface area contributed by atoms with Gasteiger partial charge < -0.3 is 10.8 Å². The molecular weight excluding hydrogens is 166 g/mol. The average molecular weight is 174 g/mol. The molecule has 1 heterocycles. The highest BCUT2D eigenvalue weighted by Crippen LogP contribution is 2.08. The number of nitrogens with zero attached hydrogens (tertiary/aromatic N) is 2. The molecule has 0 fully saturated rings. The van der Waals surface area contributed by atoms with Crippen LogP contribution in [0, 0.1) is 0 Å². The van der Waals surface area contributed by atoms with Gasteiger partial charge in [-0.3, -0.25) is 0 Å². The van der Waals surface area contributed by atoms with Gasteiger partial charge in [0.25, 0.3) is 0 Å². The minimum atomic E-state index is 0.0345. The van der Waals surface area contributed by atoms with Crippen molar-refractivity contribution >= 4 is 17.5 Å². The molecule has 0 aliphatic carbocycles. The molecule has 0 spiro atoms. The summed E-state index contributed by atoms with van der Waals surface area (Å²) in [6.07, 6.45) is 0.451. The minimum Gasteiger partial charge on any atom is -0.396 e. The molecule has 11 heavy (non-hydrogen) atoms. The van der Waals surface area contributed by atoms with Crippen molar-refractivity contribution in [1.29, 1.82) is 0 Å². The van der Waals surface area contributed by atoms with E-state index in [0.29, 0.717) is 17.3 Å². The zero-order chi connectivity index (χ0) is 8.27. The van der Waals surface area contributed by atoms with Gasteiger partial charge in [-0.2, -0.15) is 0 Å². The zero-order valence-corrected chi connectivity index (χ0v) is 6.54. The van der Waals surface area contributed by atoms with Crippen LogP contribution in [0.25, 0.3) is 0 Å². The fraction of sp³-hybridized carbons (Fsp3) is 0.333. The highest BCUT2D eigenvalue weighted by atomic mass is 35.5. The van der Waals surface area contributed by atoms with E-state index >= 15 is 0 Å². The van der Waals surface area contributed by atoms with Crippen molar-refractivity contribution in [3.8, 4) is 0 Å². The summed E-state index contributed by atoms with van der Waals surface area (Å²) in [6.45, 7) is 0.0345. The minimum absolute atomic E-state index is 0.0345. The lowest BCUT2D eigenvalue weighted by molar-refractivity contribution is 0.298. The van der Waals surface area contributed by atoms with Gasteiger partial charge >= 0.3 is 0 Å². The summed E-state index contributed by atoms with van der Waals surface area (Å²) in [5.74, 6) is 0.140. The number of hydrogen-bond acceptors (Lipinski definition) is 4. The SMILES string of the molecule is Nc1nc(Cl)cc(CCO)n1. The molecule has 1 aromatic rings. The first-order valence-corrected chi connectivity index (χ1v) is 3.50. The van der Waals surface area contributed by atoms with E-state index in [1.54, 1.807) is 6.07 Å². The maximum absolute atomic E-state index is 8.56. The second kappa shape index (κ2) is 3.50. The van der Waals surface area contributed by atoms with Crippen LogP contribution in [0.3, 0.4) is 0 Å². The van der Waals surface area contributed by atoms with E-state index in [4.69, 9.17) is 22.4 Å². The standard InChI is InChI=1S/C6H8ClN3O/c7-5-3-4(1-2-11)9-6(8)10-5/h3,11H,1-2H2,(H2,8,9,10). The van der Waals surface area contributed by atoms with Gasteiger partial charge in [-0.1, -0.05) is 11.6 Å². The lowest BCUT2D eigenvalue weighted by atomic mass is 10.3. The van der Waals surface area contributed by atoms with E-state index in [1.165, 1.54) is 0 Å². The summed E-state index contributed by atoms with van der Waals surface area (Å²) in [7, 11) is 0. The second-order valence-corrected chi connectivity index (χ2v) is 2.40. The summed E-state index contributed by atoms with van der Waals surface area (Å²) in [4.78, 5) is 7.51. The third-order valence-electron chi connectivity index (χ3n) is 1.13. The first kappa shape index (κ1) is 8.23. The van der Waals surface area contributed by atoms with Crippen molar-refractivity contribution in [3.05, 3.63) is 16.9 Å². The maximum atomic E-state index is 8.56. The van der Waals surface area contributed by atoms with Crippen molar-refractivity contribution in [2.24, 2.45) is 0 Å². The van der Waals surface area contributed by atoms with Crippen molar-refractivity contribution < 1.29 is 5.11 Å². The van der Waals surface area contributed by atoms with Gasteiger partial charge in [-0.25, -0.2) is 9.97 Å². The van der Waals surface area contributed by atoms with Crippen molar-refractivity contribution in [1.82, 2.24) is 9.97 Å². The maximum Gasteiger partial charge on any atom is 0.221 e.